The number of H-pyrrole nitrogens is 1. The number of carbonyl (C=O) groups excluding carboxylic acids is 1. The second-order valence-electron chi connectivity index (χ2n) is 6.02. The standard InChI is InChI=1S/C19H19N3O/c23-19(22-18-8-4-7-17-14(18)9-10-21-17)16-12-20-11-15(16)13-5-2-1-3-6-13/h1-10,15-16,20-21H,11-12H2,(H,22,23)/t15-,16+/m1/s1. The Bertz CT molecular complexity index is 825. The first-order chi connectivity index (χ1) is 11.3. The predicted octanol–water partition coefficient (Wildman–Crippen LogP) is 3.11. The highest BCUT2D eigenvalue weighted by atomic mass is 16.1. The number of anilines is 1. The van der Waals surface area contributed by atoms with Gasteiger partial charge in [-0.3, -0.25) is 4.79 Å². The van der Waals surface area contributed by atoms with Crippen LogP contribution < -0.4 is 10.6 Å². The summed E-state index contributed by atoms with van der Waals surface area (Å²) in [6, 6.07) is 18.2. The van der Waals surface area contributed by atoms with E-state index in [9.17, 15) is 4.79 Å². The third kappa shape index (κ3) is 2.62. The Kier molecular flexibility index (Phi) is 3.60. The summed E-state index contributed by atoms with van der Waals surface area (Å²) in [5.41, 5.74) is 3.12. The number of hydrogen-bond donors (Lipinski definition) is 3. The number of carbonyl (C=O) groups is 1. The predicted molar refractivity (Wildman–Crippen MR) is 92.5 cm³/mol. The van der Waals surface area contributed by atoms with Crippen LogP contribution in [0.15, 0.2) is 60.8 Å². The summed E-state index contributed by atoms with van der Waals surface area (Å²) < 4.78 is 0. The lowest BCUT2D eigenvalue weighted by Gasteiger charge is -2.19. The molecule has 0 aliphatic carbocycles. The van der Waals surface area contributed by atoms with Crippen molar-refractivity contribution in [2.45, 2.75) is 5.92 Å². The van der Waals surface area contributed by atoms with Crippen molar-refractivity contribution in [1.82, 2.24) is 10.3 Å². The summed E-state index contributed by atoms with van der Waals surface area (Å²) in [5.74, 6) is 0.255. The van der Waals surface area contributed by atoms with Gasteiger partial charge in [0.05, 0.1) is 11.6 Å². The van der Waals surface area contributed by atoms with E-state index >= 15 is 0 Å². The zero-order valence-electron chi connectivity index (χ0n) is 12.8. The number of hydrogen-bond acceptors (Lipinski definition) is 2. The molecule has 1 aliphatic rings. The molecule has 3 N–H and O–H groups in total. The largest absolute Gasteiger partial charge is 0.361 e. The Morgan fingerprint density at radius 3 is 2.74 bits per heavy atom. The van der Waals surface area contributed by atoms with Crippen molar-refractivity contribution in [3.63, 3.8) is 0 Å². The fraction of sp³-hybridized carbons (Fsp3) is 0.211. The van der Waals surface area contributed by atoms with E-state index in [0.717, 1.165) is 23.1 Å². The van der Waals surface area contributed by atoms with Crippen LogP contribution in [0.4, 0.5) is 5.69 Å². The molecule has 0 radical (unpaired) electrons. The highest BCUT2D eigenvalue weighted by Crippen LogP contribution is 2.30. The maximum absolute atomic E-state index is 12.8. The van der Waals surface area contributed by atoms with Gasteiger partial charge in [0.15, 0.2) is 0 Å². The summed E-state index contributed by atoms with van der Waals surface area (Å²) in [5, 5.41) is 7.51. The van der Waals surface area contributed by atoms with Crippen LogP contribution in [0.25, 0.3) is 10.9 Å². The van der Waals surface area contributed by atoms with Crippen molar-refractivity contribution >= 4 is 22.5 Å². The summed E-state index contributed by atoms with van der Waals surface area (Å²) in [4.78, 5) is 16.0. The fourth-order valence-electron chi connectivity index (χ4n) is 3.42. The Morgan fingerprint density at radius 1 is 1.00 bits per heavy atom. The number of fused-ring (bicyclic) bond motifs is 1. The lowest BCUT2D eigenvalue weighted by Crippen LogP contribution is -2.28. The lowest BCUT2D eigenvalue weighted by atomic mass is 9.88. The number of benzene rings is 2. The maximum Gasteiger partial charge on any atom is 0.229 e. The second kappa shape index (κ2) is 5.89. The quantitative estimate of drug-likeness (QED) is 0.696. The number of amides is 1. The highest BCUT2D eigenvalue weighted by molar-refractivity contribution is 6.02. The van der Waals surface area contributed by atoms with Gasteiger partial charge in [-0.1, -0.05) is 36.4 Å². The van der Waals surface area contributed by atoms with Gasteiger partial charge in [-0.15, -0.1) is 0 Å². The first-order valence-electron chi connectivity index (χ1n) is 7.95. The van der Waals surface area contributed by atoms with E-state index < -0.39 is 0 Å². The van der Waals surface area contributed by atoms with Crippen LogP contribution in [0.2, 0.25) is 0 Å². The van der Waals surface area contributed by atoms with E-state index in [2.05, 4.69) is 27.8 Å². The van der Waals surface area contributed by atoms with Crippen LogP contribution in [0.5, 0.6) is 0 Å². The van der Waals surface area contributed by atoms with Gasteiger partial charge >= 0.3 is 0 Å². The molecule has 0 spiro atoms. The molecule has 1 saturated heterocycles. The molecule has 0 bridgehead atoms. The molecule has 2 aromatic carbocycles. The zero-order valence-corrected chi connectivity index (χ0v) is 12.8. The molecule has 4 rings (SSSR count). The molecule has 1 aromatic heterocycles. The van der Waals surface area contributed by atoms with E-state index in [1.54, 1.807) is 0 Å². The summed E-state index contributed by atoms with van der Waals surface area (Å²) >= 11 is 0. The van der Waals surface area contributed by atoms with Crippen LogP contribution in [0.3, 0.4) is 0 Å². The van der Waals surface area contributed by atoms with E-state index in [1.165, 1.54) is 5.56 Å². The minimum atomic E-state index is -0.0494. The maximum atomic E-state index is 12.8. The third-order valence-corrected chi connectivity index (χ3v) is 4.63. The molecule has 2 heterocycles. The number of aromatic nitrogens is 1. The summed E-state index contributed by atoms with van der Waals surface area (Å²) in [6.45, 7) is 1.56. The molecule has 116 valence electrons. The van der Waals surface area contributed by atoms with Crippen LogP contribution in [0, 0.1) is 5.92 Å². The van der Waals surface area contributed by atoms with E-state index in [0.29, 0.717) is 6.54 Å². The molecule has 0 saturated carbocycles. The highest BCUT2D eigenvalue weighted by Gasteiger charge is 2.34. The molecule has 1 fully saturated rings. The SMILES string of the molecule is O=C(Nc1cccc2[nH]ccc12)[C@H]1CNC[C@@H]1c1ccccc1. The van der Waals surface area contributed by atoms with Gasteiger partial charge in [-0.05, 0) is 23.8 Å². The average Bonchev–Trinajstić information content (AvgIpc) is 3.25. The average molecular weight is 305 g/mol. The van der Waals surface area contributed by atoms with Gasteiger partial charge in [0.1, 0.15) is 0 Å². The van der Waals surface area contributed by atoms with Gasteiger partial charge in [-0.2, -0.15) is 0 Å². The van der Waals surface area contributed by atoms with Gasteiger partial charge in [0.2, 0.25) is 5.91 Å². The molecule has 0 unspecified atom stereocenters. The summed E-state index contributed by atoms with van der Waals surface area (Å²) in [6.07, 6.45) is 1.89. The molecule has 4 nitrogen and oxygen atoms in total. The monoisotopic (exact) mass is 305 g/mol. The third-order valence-electron chi connectivity index (χ3n) is 4.63. The first-order valence-corrected chi connectivity index (χ1v) is 7.95. The Labute approximate surface area is 134 Å². The fourth-order valence-corrected chi connectivity index (χ4v) is 3.42. The topological polar surface area (TPSA) is 56.9 Å². The molecule has 23 heavy (non-hydrogen) atoms. The van der Waals surface area contributed by atoms with E-state index in [1.807, 2.05) is 48.7 Å². The lowest BCUT2D eigenvalue weighted by molar-refractivity contribution is -0.119. The number of nitrogens with one attached hydrogen (secondary N) is 3. The Morgan fingerprint density at radius 2 is 1.87 bits per heavy atom. The Hall–Kier alpha value is -2.59. The Balaban J connectivity index is 1.58. The van der Waals surface area contributed by atoms with Gasteiger partial charge < -0.3 is 15.6 Å². The molecule has 3 aromatic rings. The second-order valence-corrected chi connectivity index (χ2v) is 6.02. The zero-order chi connectivity index (χ0) is 15.6. The van der Waals surface area contributed by atoms with Gasteiger partial charge in [-0.25, -0.2) is 0 Å². The van der Waals surface area contributed by atoms with Crippen LogP contribution in [-0.2, 0) is 4.79 Å². The molecule has 2 atom stereocenters. The number of rotatable bonds is 3. The smallest absolute Gasteiger partial charge is 0.229 e. The minimum absolute atomic E-state index is 0.0494. The molecule has 4 heteroatoms. The van der Waals surface area contributed by atoms with Crippen molar-refractivity contribution in [2.24, 2.45) is 5.92 Å². The van der Waals surface area contributed by atoms with Crippen molar-refractivity contribution in [3.8, 4) is 0 Å². The van der Waals surface area contributed by atoms with Crippen molar-refractivity contribution in [3.05, 3.63) is 66.4 Å². The normalized spacial score (nSPS) is 20.7. The first kappa shape index (κ1) is 14.0. The molecule has 1 amide bonds. The van der Waals surface area contributed by atoms with Crippen LogP contribution in [0.1, 0.15) is 11.5 Å². The summed E-state index contributed by atoms with van der Waals surface area (Å²) in [7, 11) is 0. The van der Waals surface area contributed by atoms with E-state index in [-0.39, 0.29) is 17.7 Å². The van der Waals surface area contributed by atoms with Gasteiger partial charge in [0, 0.05) is 36.1 Å². The van der Waals surface area contributed by atoms with Gasteiger partial charge in [0.25, 0.3) is 0 Å². The van der Waals surface area contributed by atoms with Crippen LogP contribution in [-0.4, -0.2) is 24.0 Å². The van der Waals surface area contributed by atoms with Crippen molar-refractivity contribution in [1.29, 1.82) is 0 Å². The minimum Gasteiger partial charge on any atom is -0.361 e. The number of aromatic amines is 1. The van der Waals surface area contributed by atoms with Crippen molar-refractivity contribution < 1.29 is 4.79 Å². The van der Waals surface area contributed by atoms with Crippen molar-refractivity contribution in [2.75, 3.05) is 18.4 Å². The van der Waals surface area contributed by atoms with Crippen LogP contribution >= 0.6 is 0 Å². The van der Waals surface area contributed by atoms with E-state index in [4.69, 9.17) is 0 Å². The molecule has 1 aliphatic heterocycles. The molecular formula is C19H19N3O. The molecular weight excluding hydrogens is 286 g/mol.